The van der Waals surface area contributed by atoms with Crippen LogP contribution in [0.4, 0.5) is 0 Å². The van der Waals surface area contributed by atoms with Gasteiger partial charge in [-0.3, -0.25) is 4.79 Å². The third-order valence-electron chi connectivity index (χ3n) is 2.76. The quantitative estimate of drug-likeness (QED) is 0.886. The van der Waals surface area contributed by atoms with Gasteiger partial charge in [0, 0.05) is 5.56 Å². The van der Waals surface area contributed by atoms with Crippen LogP contribution in [0.25, 0.3) is 0 Å². The van der Waals surface area contributed by atoms with E-state index in [1.807, 2.05) is 26.8 Å². The summed E-state index contributed by atoms with van der Waals surface area (Å²) in [6.07, 6.45) is 0. The molecule has 0 heterocycles. The Morgan fingerprint density at radius 2 is 2.11 bits per heavy atom. The lowest BCUT2D eigenvalue weighted by Gasteiger charge is -2.15. The molecule has 0 bridgehead atoms. The third-order valence-corrected chi connectivity index (χ3v) is 2.76. The standard InChI is InChI=1S/C14H18N2O2/c1-9(2)12(8-15)16-14(17)11-6-5-10(3)13(7-11)18-4/h5-7,9,12H,1-4H3,(H,16,17). The fourth-order valence-corrected chi connectivity index (χ4v) is 1.53. The summed E-state index contributed by atoms with van der Waals surface area (Å²) in [5.41, 5.74) is 1.47. The van der Waals surface area contributed by atoms with Gasteiger partial charge in [-0.05, 0) is 30.5 Å². The second-order valence-corrected chi connectivity index (χ2v) is 4.51. The van der Waals surface area contributed by atoms with Gasteiger partial charge in [0.1, 0.15) is 11.8 Å². The number of rotatable bonds is 4. The molecule has 0 spiro atoms. The van der Waals surface area contributed by atoms with E-state index >= 15 is 0 Å². The third kappa shape index (κ3) is 3.24. The van der Waals surface area contributed by atoms with Gasteiger partial charge in [0.25, 0.3) is 5.91 Å². The molecule has 0 aromatic heterocycles. The molecule has 4 nitrogen and oxygen atoms in total. The average Bonchev–Trinajstić information content (AvgIpc) is 2.35. The highest BCUT2D eigenvalue weighted by atomic mass is 16.5. The van der Waals surface area contributed by atoms with E-state index in [0.717, 1.165) is 5.56 Å². The van der Waals surface area contributed by atoms with E-state index in [4.69, 9.17) is 10.00 Å². The summed E-state index contributed by atoms with van der Waals surface area (Å²) >= 11 is 0. The van der Waals surface area contributed by atoms with Crippen molar-refractivity contribution in [2.45, 2.75) is 26.8 Å². The second kappa shape index (κ2) is 6.06. The van der Waals surface area contributed by atoms with Crippen molar-refractivity contribution in [3.05, 3.63) is 29.3 Å². The van der Waals surface area contributed by atoms with Gasteiger partial charge < -0.3 is 10.1 Å². The molecule has 0 saturated heterocycles. The van der Waals surface area contributed by atoms with Gasteiger partial charge in [-0.2, -0.15) is 5.26 Å². The van der Waals surface area contributed by atoms with Gasteiger partial charge in [0.05, 0.1) is 13.2 Å². The second-order valence-electron chi connectivity index (χ2n) is 4.51. The Kier molecular flexibility index (Phi) is 4.73. The van der Waals surface area contributed by atoms with E-state index in [-0.39, 0.29) is 11.8 Å². The Bertz CT molecular complexity index is 475. The highest BCUT2D eigenvalue weighted by Gasteiger charge is 2.16. The van der Waals surface area contributed by atoms with Crippen LogP contribution in [0.3, 0.4) is 0 Å². The van der Waals surface area contributed by atoms with Crippen molar-refractivity contribution >= 4 is 5.91 Å². The van der Waals surface area contributed by atoms with E-state index in [9.17, 15) is 4.79 Å². The van der Waals surface area contributed by atoms with Crippen molar-refractivity contribution in [2.75, 3.05) is 7.11 Å². The van der Waals surface area contributed by atoms with Gasteiger partial charge in [0.2, 0.25) is 0 Å². The molecule has 0 aliphatic carbocycles. The van der Waals surface area contributed by atoms with Gasteiger partial charge in [-0.25, -0.2) is 0 Å². The van der Waals surface area contributed by atoms with Crippen molar-refractivity contribution in [2.24, 2.45) is 5.92 Å². The number of carbonyl (C=O) groups excluding carboxylic acids is 1. The minimum absolute atomic E-state index is 0.0753. The van der Waals surface area contributed by atoms with E-state index in [1.165, 1.54) is 0 Å². The number of aryl methyl sites for hydroxylation is 1. The lowest BCUT2D eigenvalue weighted by atomic mass is 10.0. The Hall–Kier alpha value is -2.02. The number of methoxy groups -OCH3 is 1. The molecule has 4 heteroatoms. The first-order chi connectivity index (χ1) is 8.49. The smallest absolute Gasteiger partial charge is 0.252 e. The fraction of sp³-hybridized carbons (Fsp3) is 0.429. The maximum Gasteiger partial charge on any atom is 0.252 e. The first-order valence-corrected chi connectivity index (χ1v) is 5.84. The molecule has 0 aliphatic heterocycles. The first-order valence-electron chi connectivity index (χ1n) is 5.84. The van der Waals surface area contributed by atoms with Crippen LogP contribution >= 0.6 is 0 Å². The van der Waals surface area contributed by atoms with Crippen molar-refractivity contribution in [3.8, 4) is 11.8 Å². The zero-order chi connectivity index (χ0) is 13.7. The predicted octanol–water partition coefficient (Wildman–Crippen LogP) is 2.28. The first kappa shape index (κ1) is 14.0. The minimum atomic E-state index is -0.482. The van der Waals surface area contributed by atoms with E-state index in [1.54, 1.807) is 19.2 Å². The zero-order valence-corrected chi connectivity index (χ0v) is 11.2. The normalized spacial score (nSPS) is 11.8. The summed E-state index contributed by atoms with van der Waals surface area (Å²) in [5, 5.41) is 11.6. The van der Waals surface area contributed by atoms with Crippen molar-refractivity contribution < 1.29 is 9.53 Å². The van der Waals surface area contributed by atoms with Gasteiger partial charge in [0.15, 0.2) is 0 Å². The van der Waals surface area contributed by atoms with Gasteiger partial charge in [-0.1, -0.05) is 19.9 Å². The highest BCUT2D eigenvalue weighted by Crippen LogP contribution is 2.19. The van der Waals surface area contributed by atoms with Crippen LogP contribution < -0.4 is 10.1 Å². The predicted molar refractivity (Wildman–Crippen MR) is 69.4 cm³/mol. The number of ether oxygens (including phenoxy) is 1. The average molecular weight is 246 g/mol. The molecule has 1 unspecified atom stereocenters. The molecule has 1 aromatic carbocycles. The van der Waals surface area contributed by atoms with Crippen LogP contribution in [0.1, 0.15) is 29.8 Å². The maximum atomic E-state index is 12.0. The van der Waals surface area contributed by atoms with Crippen LogP contribution in [0.15, 0.2) is 18.2 Å². The summed E-state index contributed by atoms with van der Waals surface area (Å²) in [4.78, 5) is 12.0. The highest BCUT2D eigenvalue weighted by molar-refractivity contribution is 5.95. The number of nitrogens with one attached hydrogen (secondary N) is 1. The van der Waals surface area contributed by atoms with Crippen molar-refractivity contribution in [1.82, 2.24) is 5.32 Å². The maximum absolute atomic E-state index is 12.0. The SMILES string of the molecule is COc1cc(C(=O)NC(C#N)C(C)C)ccc1C. The molecule has 1 rings (SSSR count). The number of nitrogens with zero attached hydrogens (tertiary/aromatic N) is 1. The largest absolute Gasteiger partial charge is 0.496 e. The number of carbonyl (C=O) groups is 1. The molecule has 1 atom stereocenters. The molecule has 96 valence electrons. The van der Waals surface area contributed by atoms with Crippen LogP contribution in [-0.4, -0.2) is 19.1 Å². The molecule has 1 amide bonds. The molecule has 0 fully saturated rings. The summed E-state index contributed by atoms with van der Waals surface area (Å²) in [5.74, 6) is 0.487. The molecule has 1 aromatic rings. The molecule has 0 radical (unpaired) electrons. The summed E-state index contributed by atoms with van der Waals surface area (Å²) < 4.78 is 5.17. The Labute approximate surface area is 108 Å². The molecule has 0 aliphatic rings. The monoisotopic (exact) mass is 246 g/mol. The Morgan fingerprint density at radius 3 is 2.61 bits per heavy atom. The summed E-state index contributed by atoms with van der Waals surface area (Å²) in [7, 11) is 1.57. The van der Waals surface area contributed by atoms with E-state index < -0.39 is 6.04 Å². The molecular weight excluding hydrogens is 228 g/mol. The van der Waals surface area contributed by atoms with Gasteiger partial charge >= 0.3 is 0 Å². The van der Waals surface area contributed by atoms with Crippen molar-refractivity contribution in [3.63, 3.8) is 0 Å². The number of nitriles is 1. The molecule has 18 heavy (non-hydrogen) atoms. The summed E-state index contributed by atoms with van der Waals surface area (Å²) in [6, 6.07) is 6.83. The number of hydrogen-bond acceptors (Lipinski definition) is 3. The van der Waals surface area contributed by atoms with E-state index in [2.05, 4.69) is 11.4 Å². The van der Waals surface area contributed by atoms with Crippen molar-refractivity contribution in [1.29, 1.82) is 5.26 Å². The topological polar surface area (TPSA) is 62.1 Å². The lowest BCUT2D eigenvalue weighted by molar-refractivity contribution is 0.0937. The summed E-state index contributed by atoms with van der Waals surface area (Å²) in [6.45, 7) is 5.69. The van der Waals surface area contributed by atoms with Crippen LogP contribution in [-0.2, 0) is 0 Å². The number of amides is 1. The molecule has 0 saturated carbocycles. The molecular formula is C14H18N2O2. The Balaban J connectivity index is 2.88. The fourth-order valence-electron chi connectivity index (χ4n) is 1.53. The number of benzene rings is 1. The lowest BCUT2D eigenvalue weighted by Crippen LogP contribution is -2.37. The zero-order valence-electron chi connectivity index (χ0n) is 11.2. The minimum Gasteiger partial charge on any atom is -0.496 e. The van der Waals surface area contributed by atoms with Crippen LogP contribution in [0.2, 0.25) is 0 Å². The Morgan fingerprint density at radius 1 is 1.44 bits per heavy atom. The number of hydrogen-bond donors (Lipinski definition) is 1. The van der Waals surface area contributed by atoms with E-state index in [0.29, 0.717) is 11.3 Å². The van der Waals surface area contributed by atoms with Crippen LogP contribution in [0.5, 0.6) is 5.75 Å². The van der Waals surface area contributed by atoms with Gasteiger partial charge in [-0.15, -0.1) is 0 Å². The molecule has 1 N–H and O–H groups in total. The van der Waals surface area contributed by atoms with Crippen LogP contribution in [0, 0.1) is 24.2 Å².